The summed E-state index contributed by atoms with van der Waals surface area (Å²) in [5.41, 5.74) is 2.56. The molecular formula is C19H23N3O3S. The number of carbonyl (C=O) groups is 2. The largest absolute Gasteiger partial charge is 0.465 e. The number of likely N-dealkylation sites (N-methyl/N-ethyl adjacent to an activating group) is 1. The summed E-state index contributed by atoms with van der Waals surface area (Å²) in [5, 5.41) is 3.87. The fourth-order valence-corrected chi connectivity index (χ4v) is 3.73. The number of esters is 1. The van der Waals surface area contributed by atoms with Crippen molar-refractivity contribution in [2.24, 2.45) is 0 Å². The molecule has 6 nitrogen and oxygen atoms in total. The number of thiocarbonyl (C=S) groups is 1. The first-order valence-corrected chi connectivity index (χ1v) is 8.97. The Morgan fingerprint density at radius 3 is 2.50 bits per heavy atom. The third kappa shape index (κ3) is 3.19. The van der Waals surface area contributed by atoms with Crippen LogP contribution in [0.3, 0.4) is 0 Å². The van der Waals surface area contributed by atoms with Crippen LogP contribution in [-0.2, 0) is 9.53 Å². The standard InChI is InChI=1S/C19H23N3O3S/c1-11-15(17(23)21(2)3)16(20-19(26)22(11)12-9-10-12)13-7-5-6-8-14(13)18(24)25-4/h5-8,12,16H,9-10H2,1-4H3,(H,20,26). The van der Waals surface area contributed by atoms with Crippen LogP contribution >= 0.6 is 12.2 Å². The summed E-state index contributed by atoms with van der Waals surface area (Å²) in [6, 6.07) is 6.99. The number of hydrogen-bond acceptors (Lipinski definition) is 4. The van der Waals surface area contributed by atoms with Gasteiger partial charge in [-0.15, -0.1) is 0 Å². The molecule has 0 bridgehead atoms. The third-order valence-corrected chi connectivity index (χ3v) is 5.07. The lowest BCUT2D eigenvalue weighted by molar-refractivity contribution is -0.125. The summed E-state index contributed by atoms with van der Waals surface area (Å²) in [4.78, 5) is 28.8. The molecule has 1 fully saturated rings. The zero-order chi connectivity index (χ0) is 19.0. The van der Waals surface area contributed by atoms with Crippen LogP contribution in [0.5, 0.6) is 0 Å². The van der Waals surface area contributed by atoms with Crippen molar-refractivity contribution in [1.82, 2.24) is 15.1 Å². The van der Waals surface area contributed by atoms with Crippen molar-refractivity contribution < 1.29 is 14.3 Å². The number of hydrogen-bond donors (Lipinski definition) is 1. The van der Waals surface area contributed by atoms with Gasteiger partial charge in [-0.3, -0.25) is 4.79 Å². The highest BCUT2D eigenvalue weighted by Gasteiger charge is 2.41. The second kappa shape index (κ2) is 7.07. The van der Waals surface area contributed by atoms with Crippen LogP contribution in [0.4, 0.5) is 0 Å². The average Bonchev–Trinajstić information content (AvgIpc) is 3.45. The van der Waals surface area contributed by atoms with Crippen molar-refractivity contribution in [2.75, 3.05) is 21.2 Å². The first-order valence-electron chi connectivity index (χ1n) is 8.56. The van der Waals surface area contributed by atoms with E-state index in [-0.39, 0.29) is 5.91 Å². The van der Waals surface area contributed by atoms with Gasteiger partial charge in [0.15, 0.2) is 5.11 Å². The predicted molar refractivity (Wildman–Crippen MR) is 103 cm³/mol. The van der Waals surface area contributed by atoms with Gasteiger partial charge in [-0.1, -0.05) is 18.2 Å². The van der Waals surface area contributed by atoms with Crippen LogP contribution in [-0.4, -0.2) is 54.0 Å². The summed E-state index contributed by atoms with van der Waals surface area (Å²) < 4.78 is 4.91. The Hall–Kier alpha value is -2.41. The van der Waals surface area contributed by atoms with Gasteiger partial charge in [0.05, 0.1) is 24.3 Å². The molecule has 0 radical (unpaired) electrons. The molecule has 1 heterocycles. The van der Waals surface area contributed by atoms with Crippen LogP contribution in [0, 0.1) is 0 Å². The third-order valence-electron chi connectivity index (χ3n) is 4.75. The highest BCUT2D eigenvalue weighted by atomic mass is 32.1. The summed E-state index contributed by atoms with van der Waals surface area (Å²) >= 11 is 5.58. The predicted octanol–water partition coefficient (Wildman–Crippen LogP) is 2.23. The van der Waals surface area contributed by atoms with Gasteiger partial charge >= 0.3 is 5.97 Å². The molecular weight excluding hydrogens is 350 g/mol. The number of carbonyl (C=O) groups excluding carboxylic acids is 2. The highest BCUT2D eigenvalue weighted by molar-refractivity contribution is 7.80. The van der Waals surface area contributed by atoms with Crippen LogP contribution in [0.1, 0.15) is 41.7 Å². The number of nitrogens with one attached hydrogen (secondary N) is 1. The minimum Gasteiger partial charge on any atom is -0.465 e. The monoisotopic (exact) mass is 373 g/mol. The summed E-state index contributed by atoms with van der Waals surface area (Å²) in [5.74, 6) is -0.542. The van der Waals surface area contributed by atoms with Gasteiger partial charge in [-0.05, 0) is 43.6 Å². The van der Waals surface area contributed by atoms with Crippen molar-refractivity contribution in [1.29, 1.82) is 0 Å². The first kappa shape index (κ1) is 18.4. The molecule has 138 valence electrons. The maximum atomic E-state index is 13.0. The second-order valence-corrected chi connectivity index (χ2v) is 7.15. The van der Waals surface area contributed by atoms with E-state index in [1.165, 1.54) is 7.11 Å². The smallest absolute Gasteiger partial charge is 0.338 e. The fourth-order valence-electron chi connectivity index (χ4n) is 3.33. The van der Waals surface area contributed by atoms with E-state index >= 15 is 0 Å². The molecule has 1 aliphatic carbocycles. The Morgan fingerprint density at radius 2 is 1.92 bits per heavy atom. The highest BCUT2D eigenvalue weighted by Crippen LogP contribution is 2.38. The number of allylic oxidation sites excluding steroid dienone is 1. The second-order valence-electron chi connectivity index (χ2n) is 6.76. The molecule has 0 aromatic heterocycles. The van der Waals surface area contributed by atoms with Crippen molar-refractivity contribution in [2.45, 2.75) is 31.8 Å². The Morgan fingerprint density at radius 1 is 1.27 bits per heavy atom. The molecule has 1 unspecified atom stereocenters. The van der Waals surface area contributed by atoms with Gasteiger partial charge in [0.25, 0.3) is 5.91 Å². The quantitative estimate of drug-likeness (QED) is 0.645. The molecule has 0 saturated heterocycles. The van der Waals surface area contributed by atoms with E-state index in [1.807, 2.05) is 24.0 Å². The van der Waals surface area contributed by atoms with Crippen LogP contribution in [0.15, 0.2) is 35.5 Å². The summed E-state index contributed by atoms with van der Waals surface area (Å²) in [7, 11) is 4.79. The normalized spacial score (nSPS) is 19.9. The molecule has 2 aliphatic rings. The van der Waals surface area contributed by atoms with Crippen LogP contribution in [0.2, 0.25) is 0 Å². The lowest BCUT2D eigenvalue weighted by atomic mass is 9.90. The molecule has 1 aromatic rings. The molecule has 1 aliphatic heterocycles. The van der Waals surface area contributed by atoms with Gasteiger partial charge in [-0.2, -0.15) is 0 Å². The molecule has 1 N–H and O–H groups in total. The van der Waals surface area contributed by atoms with Gasteiger partial charge in [0, 0.05) is 25.8 Å². The number of methoxy groups -OCH3 is 1. The molecule has 1 amide bonds. The number of ether oxygens (including phenoxy) is 1. The van der Waals surface area contributed by atoms with E-state index < -0.39 is 12.0 Å². The molecule has 26 heavy (non-hydrogen) atoms. The van der Waals surface area contributed by atoms with Crippen molar-refractivity contribution in [3.8, 4) is 0 Å². The fraction of sp³-hybridized carbons (Fsp3) is 0.421. The summed E-state index contributed by atoms with van der Waals surface area (Å²) in [6.45, 7) is 1.93. The van der Waals surface area contributed by atoms with E-state index in [9.17, 15) is 9.59 Å². The topological polar surface area (TPSA) is 61.9 Å². The number of amides is 1. The Bertz CT molecular complexity index is 799. The molecule has 1 saturated carbocycles. The minimum atomic E-state index is -0.498. The SMILES string of the molecule is COC(=O)c1ccccc1C1NC(=S)N(C2CC2)C(C)=C1C(=O)N(C)C. The maximum absolute atomic E-state index is 13.0. The average molecular weight is 373 g/mol. The maximum Gasteiger partial charge on any atom is 0.338 e. The van der Waals surface area contributed by atoms with Crippen molar-refractivity contribution in [3.05, 3.63) is 46.7 Å². The molecule has 7 heteroatoms. The van der Waals surface area contributed by atoms with Crippen LogP contribution < -0.4 is 5.32 Å². The number of nitrogens with zero attached hydrogens (tertiary/aromatic N) is 2. The van der Waals surface area contributed by atoms with E-state index in [4.69, 9.17) is 17.0 Å². The van der Waals surface area contributed by atoms with Crippen LogP contribution in [0.25, 0.3) is 0 Å². The Kier molecular flexibility index (Phi) is 5.00. The zero-order valence-corrected chi connectivity index (χ0v) is 16.2. The van der Waals surface area contributed by atoms with E-state index in [2.05, 4.69) is 5.32 Å². The number of rotatable bonds is 4. The van der Waals surface area contributed by atoms with Gasteiger partial charge < -0.3 is 19.9 Å². The lowest BCUT2D eigenvalue weighted by Gasteiger charge is -2.39. The van der Waals surface area contributed by atoms with E-state index in [0.717, 1.165) is 18.5 Å². The van der Waals surface area contributed by atoms with E-state index in [1.54, 1.807) is 31.1 Å². The molecule has 3 rings (SSSR count). The van der Waals surface area contributed by atoms with Gasteiger partial charge in [0.2, 0.25) is 0 Å². The zero-order valence-electron chi connectivity index (χ0n) is 15.4. The Labute approximate surface area is 158 Å². The van der Waals surface area contributed by atoms with Gasteiger partial charge in [-0.25, -0.2) is 4.79 Å². The molecule has 0 spiro atoms. The van der Waals surface area contributed by atoms with Crippen molar-refractivity contribution >= 4 is 29.2 Å². The summed E-state index contributed by atoms with van der Waals surface area (Å²) in [6.07, 6.45) is 2.12. The minimum absolute atomic E-state index is 0.104. The van der Waals surface area contributed by atoms with Crippen molar-refractivity contribution in [3.63, 3.8) is 0 Å². The molecule has 1 atom stereocenters. The lowest BCUT2D eigenvalue weighted by Crippen LogP contribution is -2.50. The number of benzene rings is 1. The van der Waals surface area contributed by atoms with E-state index in [0.29, 0.717) is 27.9 Å². The Balaban J connectivity index is 2.15. The molecule has 1 aromatic carbocycles. The first-order chi connectivity index (χ1) is 12.4. The van der Waals surface area contributed by atoms with Gasteiger partial charge in [0.1, 0.15) is 0 Å².